The average Bonchev–Trinajstić information content (AvgIpc) is 3.34. The lowest BCUT2D eigenvalue weighted by Gasteiger charge is -2.26. The predicted octanol–water partition coefficient (Wildman–Crippen LogP) is 5.49. The average molecular weight is 674 g/mol. The van der Waals surface area contributed by atoms with Gasteiger partial charge in [0, 0.05) is 5.02 Å². The van der Waals surface area contributed by atoms with Gasteiger partial charge in [-0.05, 0) is 42.3 Å². The van der Waals surface area contributed by atoms with Gasteiger partial charge in [-0.25, -0.2) is 9.79 Å². The molecular weight excluding hydrogens is 651 g/mol. The number of rotatable bonds is 9. The zero-order valence-corrected chi connectivity index (χ0v) is 25.6. The molecule has 0 fully saturated rings. The van der Waals surface area contributed by atoms with Crippen LogP contribution in [0.25, 0.3) is 6.08 Å². The first-order valence-electron chi connectivity index (χ1n) is 13.5. The van der Waals surface area contributed by atoms with E-state index in [1.807, 2.05) is 30.3 Å². The van der Waals surface area contributed by atoms with Crippen molar-refractivity contribution in [1.29, 1.82) is 0 Å². The molecule has 0 aliphatic carbocycles. The summed E-state index contributed by atoms with van der Waals surface area (Å²) < 4.78 is 60.0. The Bertz CT molecular complexity index is 2030. The summed E-state index contributed by atoms with van der Waals surface area (Å²) in [6.45, 7) is 1.28. The number of thiazole rings is 1. The van der Waals surface area contributed by atoms with E-state index in [-0.39, 0.29) is 50.2 Å². The lowest BCUT2D eigenvalue weighted by molar-refractivity contribution is -0.385. The van der Waals surface area contributed by atoms with Gasteiger partial charge in [-0.15, -0.1) is 0 Å². The molecule has 5 rings (SSSR count). The largest absolute Gasteiger partial charge is 0.493 e. The fraction of sp³-hybridized carbons (Fsp3) is 0.194. The van der Waals surface area contributed by atoms with Crippen LogP contribution in [0.1, 0.15) is 29.7 Å². The van der Waals surface area contributed by atoms with Crippen LogP contribution in [0.15, 0.2) is 87.8 Å². The summed E-state index contributed by atoms with van der Waals surface area (Å²) in [5.41, 5.74) is -2.86. The van der Waals surface area contributed by atoms with E-state index in [4.69, 9.17) is 25.8 Å². The first kappa shape index (κ1) is 32.4. The van der Waals surface area contributed by atoms with E-state index in [0.717, 1.165) is 22.3 Å². The molecule has 1 aromatic heterocycles. The number of nitro groups is 1. The highest BCUT2D eigenvalue weighted by atomic mass is 35.5. The second-order valence-corrected chi connectivity index (χ2v) is 11.2. The van der Waals surface area contributed by atoms with Crippen LogP contribution in [0.4, 0.5) is 18.9 Å². The number of esters is 1. The number of nitrogens with zero attached hydrogens (tertiary/aromatic N) is 3. The van der Waals surface area contributed by atoms with Crippen molar-refractivity contribution in [2.75, 3.05) is 13.7 Å². The third-order valence-corrected chi connectivity index (χ3v) is 8.05. The number of nitro benzene ring substituents is 1. The number of halogens is 4. The fourth-order valence-electron chi connectivity index (χ4n) is 4.79. The Kier molecular flexibility index (Phi) is 9.30. The van der Waals surface area contributed by atoms with E-state index in [1.165, 1.54) is 44.4 Å². The highest BCUT2D eigenvalue weighted by Gasteiger charge is 2.45. The molecule has 0 amide bonds. The van der Waals surface area contributed by atoms with E-state index in [0.29, 0.717) is 11.3 Å². The van der Waals surface area contributed by atoms with E-state index in [9.17, 15) is 32.9 Å². The molecule has 2 heterocycles. The van der Waals surface area contributed by atoms with Crippen LogP contribution in [0.5, 0.6) is 11.5 Å². The zero-order valence-electron chi connectivity index (χ0n) is 24.0. The number of alkyl halides is 3. The van der Waals surface area contributed by atoms with Gasteiger partial charge in [0.25, 0.3) is 11.2 Å². The molecule has 10 nitrogen and oxygen atoms in total. The van der Waals surface area contributed by atoms with E-state index >= 15 is 0 Å². The molecule has 0 radical (unpaired) electrons. The maximum Gasteiger partial charge on any atom is 0.434 e. The quantitative estimate of drug-likeness (QED) is 0.131. The summed E-state index contributed by atoms with van der Waals surface area (Å²) >= 11 is 6.58. The number of benzene rings is 3. The predicted molar refractivity (Wildman–Crippen MR) is 163 cm³/mol. The molecule has 238 valence electrons. The number of aromatic nitrogens is 1. The number of allylic oxidation sites excluding steroid dienone is 1. The minimum atomic E-state index is -5.09. The Labute approximate surface area is 267 Å². The van der Waals surface area contributed by atoms with Gasteiger partial charge in [-0.1, -0.05) is 65.4 Å². The van der Waals surface area contributed by atoms with Crippen LogP contribution < -0.4 is 24.4 Å². The molecule has 0 N–H and O–H groups in total. The van der Waals surface area contributed by atoms with E-state index in [2.05, 4.69) is 4.99 Å². The van der Waals surface area contributed by atoms with Gasteiger partial charge in [0.1, 0.15) is 6.61 Å². The zero-order chi connectivity index (χ0) is 33.2. The lowest BCUT2D eigenvalue weighted by atomic mass is 9.95. The van der Waals surface area contributed by atoms with Crippen LogP contribution >= 0.6 is 22.9 Å². The Balaban J connectivity index is 1.71. The summed E-state index contributed by atoms with van der Waals surface area (Å²) in [4.78, 5) is 41.6. The van der Waals surface area contributed by atoms with Gasteiger partial charge >= 0.3 is 12.1 Å². The van der Waals surface area contributed by atoms with Crippen LogP contribution in [0.2, 0.25) is 5.02 Å². The normalized spacial score (nSPS) is 14.8. The highest BCUT2D eigenvalue weighted by Crippen LogP contribution is 2.39. The minimum absolute atomic E-state index is 0.0632. The summed E-state index contributed by atoms with van der Waals surface area (Å²) in [6.07, 6.45) is -3.94. The fourth-order valence-corrected chi connectivity index (χ4v) is 5.91. The van der Waals surface area contributed by atoms with Crippen molar-refractivity contribution in [1.82, 2.24) is 4.57 Å². The van der Waals surface area contributed by atoms with Crippen molar-refractivity contribution in [3.63, 3.8) is 0 Å². The van der Waals surface area contributed by atoms with Gasteiger partial charge < -0.3 is 14.2 Å². The summed E-state index contributed by atoms with van der Waals surface area (Å²) in [7, 11) is 1.33. The standard InChI is InChI=1S/C31H23ClF3N3O7S/c1-3-44-29(40)25-26(18-9-11-20(32)12-10-18)37-28(39)24(46-30(37)36-27(25)31(33,34)35)14-19-13-22(43-2)23(15-21(19)38(41)42)45-16-17-7-5-4-6-8-17/h4-15,26H,3,16H2,1-2H3/b24-14-/t26-/m1/s1. The van der Waals surface area contributed by atoms with Crippen LogP contribution in [-0.2, 0) is 16.1 Å². The number of carbonyl (C=O) groups is 1. The Hall–Kier alpha value is -4.95. The molecule has 3 aromatic carbocycles. The Morgan fingerprint density at radius 1 is 1.13 bits per heavy atom. The molecule has 0 unspecified atom stereocenters. The molecule has 0 saturated heterocycles. The van der Waals surface area contributed by atoms with Crippen molar-refractivity contribution < 1.29 is 37.1 Å². The molecule has 4 aromatic rings. The number of ether oxygens (including phenoxy) is 3. The van der Waals surface area contributed by atoms with Gasteiger partial charge in [-0.3, -0.25) is 19.5 Å². The topological polar surface area (TPSA) is 122 Å². The molecule has 0 saturated carbocycles. The smallest absolute Gasteiger partial charge is 0.434 e. The maximum atomic E-state index is 14.4. The van der Waals surface area contributed by atoms with Crippen molar-refractivity contribution in [3.05, 3.63) is 130 Å². The number of carbonyl (C=O) groups excluding carboxylic acids is 1. The summed E-state index contributed by atoms with van der Waals surface area (Å²) in [6, 6.07) is 15.5. The van der Waals surface area contributed by atoms with Crippen LogP contribution in [-0.4, -0.2) is 35.4 Å². The molecule has 0 bridgehead atoms. The lowest BCUT2D eigenvalue weighted by Crippen LogP contribution is -2.41. The van der Waals surface area contributed by atoms with Crippen LogP contribution in [0.3, 0.4) is 0 Å². The summed E-state index contributed by atoms with van der Waals surface area (Å²) in [5, 5.41) is 12.4. The third kappa shape index (κ3) is 6.53. The number of fused-ring (bicyclic) bond motifs is 1. The molecular formula is C31H23ClF3N3O7S. The van der Waals surface area contributed by atoms with Gasteiger partial charge in [0.15, 0.2) is 22.0 Å². The summed E-state index contributed by atoms with van der Waals surface area (Å²) in [5.74, 6) is -1.13. The Morgan fingerprint density at radius 3 is 2.43 bits per heavy atom. The number of methoxy groups -OCH3 is 1. The molecule has 1 atom stereocenters. The monoisotopic (exact) mass is 673 g/mol. The van der Waals surface area contributed by atoms with Gasteiger partial charge in [0.05, 0.1) is 46.4 Å². The van der Waals surface area contributed by atoms with Crippen molar-refractivity contribution in [2.45, 2.75) is 25.7 Å². The first-order chi connectivity index (χ1) is 21.9. The minimum Gasteiger partial charge on any atom is -0.493 e. The van der Waals surface area contributed by atoms with Gasteiger partial charge in [0.2, 0.25) is 0 Å². The SMILES string of the molecule is CCOC(=O)C1=C(C(F)(F)F)N=c2s/c(=C\c3cc(OC)c(OCc4ccccc4)cc3[N+](=O)[O-])c(=O)n2[C@@H]1c1ccc(Cl)cc1. The molecule has 46 heavy (non-hydrogen) atoms. The van der Waals surface area contributed by atoms with Crippen molar-refractivity contribution >= 4 is 40.7 Å². The van der Waals surface area contributed by atoms with Gasteiger partial charge in [-0.2, -0.15) is 13.2 Å². The number of hydrogen-bond acceptors (Lipinski definition) is 9. The molecule has 15 heteroatoms. The molecule has 1 aliphatic rings. The second kappa shape index (κ2) is 13.2. The second-order valence-electron chi connectivity index (χ2n) is 9.71. The van der Waals surface area contributed by atoms with Crippen molar-refractivity contribution in [3.8, 4) is 11.5 Å². The third-order valence-electron chi connectivity index (χ3n) is 6.81. The highest BCUT2D eigenvalue weighted by molar-refractivity contribution is 7.07. The number of hydrogen-bond donors (Lipinski definition) is 0. The molecule has 1 aliphatic heterocycles. The van der Waals surface area contributed by atoms with E-state index in [1.54, 1.807) is 0 Å². The maximum absolute atomic E-state index is 14.4. The first-order valence-corrected chi connectivity index (χ1v) is 14.7. The molecule has 0 spiro atoms. The van der Waals surface area contributed by atoms with E-state index < -0.39 is 45.6 Å². The Morgan fingerprint density at radius 2 is 1.83 bits per heavy atom. The van der Waals surface area contributed by atoms with Crippen LogP contribution in [0, 0.1) is 10.1 Å². The van der Waals surface area contributed by atoms with Crippen molar-refractivity contribution in [2.24, 2.45) is 4.99 Å².